The van der Waals surface area contributed by atoms with Gasteiger partial charge in [0, 0.05) is 6.07 Å². The van der Waals surface area contributed by atoms with Crippen molar-refractivity contribution in [2.24, 2.45) is 0 Å². The number of sulfonamides is 1. The predicted octanol–water partition coefficient (Wildman–Crippen LogP) is 3.35. The van der Waals surface area contributed by atoms with Gasteiger partial charge < -0.3 is 4.74 Å². The van der Waals surface area contributed by atoms with Crippen LogP contribution in [0.2, 0.25) is 5.02 Å². The zero-order chi connectivity index (χ0) is 23.8. The predicted molar refractivity (Wildman–Crippen MR) is 98.9 cm³/mol. The minimum atomic E-state index is -5.25. The second kappa shape index (κ2) is 8.35. The van der Waals surface area contributed by atoms with E-state index >= 15 is 0 Å². The molecule has 3 aromatic rings. The lowest BCUT2D eigenvalue weighted by atomic mass is 10.2. The van der Waals surface area contributed by atoms with Crippen LogP contribution in [0.5, 0.6) is 5.75 Å². The number of ether oxygens (including phenoxy) is 1. The Balaban J connectivity index is 2.09. The molecule has 1 heterocycles. The fraction of sp³-hybridized carbons (Fsp3) is 0.118. The molecule has 1 aromatic heterocycles. The molecule has 15 heteroatoms. The van der Waals surface area contributed by atoms with Crippen molar-refractivity contribution in [2.75, 3.05) is 7.11 Å². The highest BCUT2D eigenvalue weighted by Gasteiger charge is 2.43. The first-order valence-electron chi connectivity index (χ1n) is 8.24. The highest BCUT2D eigenvalue weighted by atomic mass is 35.5. The van der Waals surface area contributed by atoms with Gasteiger partial charge in [-0.3, -0.25) is 4.79 Å². The first-order valence-corrected chi connectivity index (χ1v) is 10.1. The SMILES string of the molecule is COc1ccc(Cl)c(-n2nnc(C(=O)NS(=O)(=O)c3cc(F)ccc3F)c2C(F)(F)F)c1. The van der Waals surface area contributed by atoms with Gasteiger partial charge in [-0.1, -0.05) is 16.8 Å². The van der Waals surface area contributed by atoms with E-state index in [0.29, 0.717) is 12.1 Å². The van der Waals surface area contributed by atoms with Gasteiger partial charge in [-0.2, -0.15) is 13.2 Å². The summed E-state index contributed by atoms with van der Waals surface area (Å²) in [4.78, 5) is 11.1. The van der Waals surface area contributed by atoms with Gasteiger partial charge in [0.05, 0.1) is 17.8 Å². The van der Waals surface area contributed by atoms with Crippen LogP contribution < -0.4 is 9.46 Å². The summed E-state index contributed by atoms with van der Waals surface area (Å²) < 4.78 is 99.2. The Morgan fingerprint density at radius 3 is 2.47 bits per heavy atom. The van der Waals surface area contributed by atoms with Crippen molar-refractivity contribution in [3.05, 3.63) is 64.4 Å². The minimum absolute atomic E-state index is 0.100. The number of carbonyl (C=O) groups is 1. The molecule has 0 atom stereocenters. The maximum atomic E-state index is 13.8. The molecular formula is C17H10ClF5N4O4S. The number of alkyl halides is 3. The zero-order valence-corrected chi connectivity index (χ0v) is 17.2. The van der Waals surface area contributed by atoms with E-state index in [4.69, 9.17) is 16.3 Å². The van der Waals surface area contributed by atoms with Crippen LogP contribution in [-0.2, 0) is 16.2 Å². The van der Waals surface area contributed by atoms with Crippen molar-refractivity contribution < 1.29 is 39.9 Å². The molecule has 0 aliphatic carbocycles. The van der Waals surface area contributed by atoms with Gasteiger partial charge >= 0.3 is 6.18 Å². The number of nitrogens with one attached hydrogen (secondary N) is 1. The molecule has 1 N–H and O–H groups in total. The van der Waals surface area contributed by atoms with Crippen molar-refractivity contribution in [1.82, 2.24) is 19.7 Å². The van der Waals surface area contributed by atoms with E-state index in [1.54, 1.807) is 0 Å². The second-order valence-corrected chi connectivity index (χ2v) is 8.08. The average molecular weight is 497 g/mol. The molecule has 8 nitrogen and oxygen atoms in total. The second-order valence-electron chi connectivity index (χ2n) is 6.02. The van der Waals surface area contributed by atoms with Crippen LogP contribution in [-0.4, -0.2) is 36.4 Å². The summed E-state index contributed by atoms with van der Waals surface area (Å²) in [5.41, 5.74) is -3.58. The lowest BCUT2D eigenvalue weighted by molar-refractivity contribution is -0.143. The Bertz CT molecular complexity index is 1310. The van der Waals surface area contributed by atoms with E-state index in [-0.39, 0.29) is 27.2 Å². The molecule has 0 spiro atoms. The van der Waals surface area contributed by atoms with Crippen molar-refractivity contribution in [3.8, 4) is 11.4 Å². The molecule has 0 radical (unpaired) electrons. The maximum Gasteiger partial charge on any atom is 0.435 e. The largest absolute Gasteiger partial charge is 0.497 e. The van der Waals surface area contributed by atoms with Crippen LogP contribution in [0.4, 0.5) is 22.0 Å². The number of benzene rings is 2. The van der Waals surface area contributed by atoms with Gasteiger partial charge in [-0.05, 0) is 30.3 Å². The molecule has 0 fully saturated rings. The molecule has 32 heavy (non-hydrogen) atoms. The first-order chi connectivity index (χ1) is 14.8. The van der Waals surface area contributed by atoms with Crippen LogP contribution in [0.15, 0.2) is 41.3 Å². The lowest BCUT2D eigenvalue weighted by Gasteiger charge is -2.13. The average Bonchev–Trinajstić information content (AvgIpc) is 3.15. The Labute approximate surface area is 181 Å². The number of rotatable bonds is 5. The lowest BCUT2D eigenvalue weighted by Crippen LogP contribution is -2.33. The van der Waals surface area contributed by atoms with Crippen molar-refractivity contribution in [3.63, 3.8) is 0 Å². The number of carbonyl (C=O) groups excluding carboxylic acids is 1. The van der Waals surface area contributed by atoms with E-state index < -0.39 is 50.0 Å². The third-order valence-corrected chi connectivity index (χ3v) is 5.61. The maximum absolute atomic E-state index is 13.8. The molecule has 170 valence electrons. The van der Waals surface area contributed by atoms with Gasteiger partial charge in [-0.15, -0.1) is 5.10 Å². The smallest absolute Gasteiger partial charge is 0.435 e. The standard InChI is InChI=1S/C17H10ClF5N4O4S/c1-31-9-3-4-10(18)12(7-9)27-15(17(21,22)23)14(24-26-27)16(28)25-32(29,30)13-6-8(19)2-5-11(13)20/h2-7H,1H3,(H,25,28). The number of aromatic nitrogens is 3. The van der Waals surface area contributed by atoms with Gasteiger partial charge in [-0.25, -0.2) is 26.6 Å². The molecule has 3 rings (SSSR count). The summed E-state index contributed by atoms with van der Waals surface area (Å²) in [7, 11) is -3.86. The Morgan fingerprint density at radius 2 is 1.84 bits per heavy atom. The summed E-state index contributed by atoms with van der Waals surface area (Å²) in [6.07, 6.45) is -5.25. The van der Waals surface area contributed by atoms with Crippen molar-refractivity contribution in [1.29, 1.82) is 0 Å². The normalized spacial score (nSPS) is 12.0. The first kappa shape index (κ1) is 23.4. The van der Waals surface area contributed by atoms with Gasteiger partial charge in [0.2, 0.25) is 0 Å². The van der Waals surface area contributed by atoms with Gasteiger partial charge in [0.1, 0.15) is 22.3 Å². The quantitative estimate of drug-likeness (QED) is 0.543. The minimum Gasteiger partial charge on any atom is -0.497 e. The highest BCUT2D eigenvalue weighted by molar-refractivity contribution is 7.90. The van der Waals surface area contributed by atoms with Crippen LogP contribution in [0.1, 0.15) is 16.2 Å². The van der Waals surface area contributed by atoms with Crippen LogP contribution >= 0.6 is 11.6 Å². The van der Waals surface area contributed by atoms with E-state index in [0.717, 1.165) is 6.07 Å². The number of amides is 1. The van der Waals surface area contributed by atoms with Gasteiger partial charge in [0.15, 0.2) is 11.4 Å². The Hall–Kier alpha value is -3.26. The number of hydrogen-bond acceptors (Lipinski definition) is 6. The van der Waals surface area contributed by atoms with Crippen molar-refractivity contribution in [2.45, 2.75) is 11.1 Å². The molecule has 1 amide bonds. The van der Waals surface area contributed by atoms with E-state index in [1.807, 2.05) is 0 Å². The summed E-state index contributed by atoms with van der Waals surface area (Å²) in [6.45, 7) is 0. The monoisotopic (exact) mass is 496 g/mol. The van der Waals surface area contributed by atoms with Crippen molar-refractivity contribution >= 4 is 27.5 Å². The topological polar surface area (TPSA) is 103 Å². The fourth-order valence-corrected chi connectivity index (χ4v) is 3.79. The Morgan fingerprint density at radius 1 is 1.16 bits per heavy atom. The molecular weight excluding hydrogens is 487 g/mol. The summed E-state index contributed by atoms with van der Waals surface area (Å²) in [5, 5.41) is 6.16. The number of methoxy groups -OCH3 is 1. The molecule has 0 bridgehead atoms. The molecule has 0 saturated heterocycles. The van der Waals surface area contributed by atoms with Gasteiger partial charge in [0.25, 0.3) is 15.9 Å². The molecule has 0 aliphatic heterocycles. The Kier molecular flexibility index (Phi) is 6.11. The summed E-state index contributed by atoms with van der Waals surface area (Å²) in [5.74, 6) is -4.38. The van der Waals surface area contributed by atoms with E-state index in [2.05, 4.69) is 10.3 Å². The van der Waals surface area contributed by atoms with Crippen LogP contribution in [0, 0.1) is 11.6 Å². The zero-order valence-electron chi connectivity index (χ0n) is 15.6. The molecule has 0 saturated carbocycles. The number of nitrogens with zero attached hydrogens (tertiary/aromatic N) is 3. The third-order valence-electron chi connectivity index (χ3n) is 3.95. The number of halogens is 6. The van der Waals surface area contributed by atoms with Crippen LogP contribution in [0.25, 0.3) is 5.69 Å². The summed E-state index contributed by atoms with van der Waals surface area (Å²) >= 11 is 5.93. The van der Waals surface area contributed by atoms with E-state index in [9.17, 15) is 35.2 Å². The fourth-order valence-electron chi connectivity index (χ4n) is 2.55. The molecule has 2 aromatic carbocycles. The van der Waals surface area contributed by atoms with E-state index in [1.165, 1.54) is 24.0 Å². The number of hydrogen-bond donors (Lipinski definition) is 1. The molecule has 0 unspecified atom stereocenters. The third kappa shape index (κ3) is 4.50. The molecule has 0 aliphatic rings. The summed E-state index contributed by atoms with van der Waals surface area (Å²) in [6, 6.07) is 4.96. The van der Waals surface area contributed by atoms with Crippen LogP contribution in [0.3, 0.4) is 0 Å². The highest BCUT2D eigenvalue weighted by Crippen LogP contribution is 2.35.